The Morgan fingerprint density at radius 3 is 3.00 bits per heavy atom. The fourth-order valence-corrected chi connectivity index (χ4v) is 2.49. The van der Waals surface area contributed by atoms with Gasteiger partial charge in [-0.05, 0) is 31.0 Å². The number of anilines is 1. The number of rotatable bonds is 2. The van der Waals surface area contributed by atoms with Gasteiger partial charge in [-0.1, -0.05) is 13.0 Å². The van der Waals surface area contributed by atoms with Crippen LogP contribution in [-0.4, -0.2) is 32.4 Å². The molecule has 1 aliphatic heterocycles. The van der Waals surface area contributed by atoms with Crippen molar-refractivity contribution in [2.75, 3.05) is 11.9 Å². The van der Waals surface area contributed by atoms with Gasteiger partial charge in [0.25, 0.3) is 0 Å². The van der Waals surface area contributed by atoms with E-state index >= 15 is 0 Å². The molecule has 2 aromatic heterocycles. The molecule has 1 aliphatic rings. The van der Waals surface area contributed by atoms with Gasteiger partial charge in [-0.2, -0.15) is 0 Å². The number of amides is 2. The fourth-order valence-electron chi connectivity index (χ4n) is 2.49. The van der Waals surface area contributed by atoms with Crippen molar-refractivity contribution in [3.63, 3.8) is 0 Å². The van der Waals surface area contributed by atoms with E-state index in [-0.39, 0.29) is 6.03 Å². The molecule has 0 unspecified atom stereocenters. The maximum absolute atomic E-state index is 12.4. The van der Waals surface area contributed by atoms with Crippen LogP contribution < -0.4 is 5.32 Å². The Morgan fingerprint density at radius 2 is 2.23 bits per heavy atom. The Labute approximate surface area is 129 Å². The molecule has 3 rings (SSSR count). The number of hydrogen-bond donors (Lipinski definition) is 1. The van der Waals surface area contributed by atoms with Gasteiger partial charge in [-0.3, -0.25) is 5.32 Å². The summed E-state index contributed by atoms with van der Waals surface area (Å²) in [7, 11) is 0. The predicted molar refractivity (Wildman–Crippen MR) is 83.5 cm³/mol. The third-order valence-corrected chi connectivity index (χ3v) is 3.72. The molecule has 0 bridgehead atoms. The molecule has 0 radical (unpaired) electrons. The van der Waals surface area contributed by atoms with Crippen LogP contribution in [0.2, 0.25) is 0 Å². The zero-order chi connectivity index (χ0) is 15.5. The average Bonchev–Trinajstić information content (AvgIpc) is 2.53. The lowest BCUT2D eigenvalue weighted by Crippen LogP contribution is -2.39. The Morgan fingerprint density at radius 1 is 1.36 bits per heavy atom. The molecular weight excluding hydrogens is 278 g/mol. The van der Waals surface area contributed by atoms with Crippen molar-refractivity contribution in [2.45, 2.75) is 33.2 Å². The summed E-state index contributed by atoms with van der Waals surface area (Å²) >= 11 is 0. The van der Waals surface area contributed by atoms with Crippen molar-refractivity contribution in [1.29, 1.82) is 0 Å². The Bertz CT molecular complexity index is 701. The van der Waals surface area contributed by atoms with Crippen LogP contribution in [0.4, 0.5) is 10.6 Å². The first-order chi connectivity index (χ1) is 10.7. The molecule has 0 saturated heterocycles. The maximum atomic E-state index is 12.4. The molecule has 3 heterocycles. The third kappa shape index (κ3) is 3.05. The number of hydrogen-bond acceptors (Lipinski definition) is 4. The van der Waals surface area contributed by atoms with E-state index in [1.807, 2.05) is 32.2 Å². The van der Waals surface area contributed by atoms with E-state index < -0.39 is 0 Å². The summed E-state index contributed by atoms with van der Waals surface area (Å²) in [5.74, 6) is 1.40. The van der Waals surface area contributed by atoms with Gasteiger partial charge in [0.1, 0.15) is 11.6 Å². The van der Waals surface area contributed by atoms with Gasteiger partial charge in [-0.15, -0.1) is 0 Å². The van der Waals surface area contributed by atoms with Gasteiger partial charge < -0.3 is 4.90 Å². The molecule has 0 aliphatic carbocycles. The van der Waals surface area contributed by atoms with E-state index in [0.29, 0.717) is 18.9 Å². The van der Waals surface area contributed by atoms with Crippen LogP contribution in [0, 0.1) is 6.92 Å². The highest BCUT2D eigenvalue weighted by atomic mass is 16.2. The topological polar surface area (TPSA) is 71.0 Å². The lowest BCUT2D eigenvalue weighted by molar-refractivity contribution is 0.205. The van der Waals surface area contributed by atoms with E-state index in [1.165, 1.54) is 0 Å². The minimum atomic E-state index is -0.139. The predicted octanol–water partition coefficient (Wildman–Crippen LogP) is 2.33. The van der Waals surface area contributed by atoms with Gasteiger partial charge >= 0.3 is 6.03 Å². The van der Waals surface area contributed by atoms with E-state index in [9.17, 15) is 4.79 Å². The van der Waals surface area contributed by atoms with Crippen molar-refractivity contribution in [3.05, 3.63) is 47.2 Å². The molecule has 22 heavy (non-hydrogen) atoms. The number of carbonyl (C=O) groups excluding carboxylic acids is 1. The summed E-state index contributed by atoms with van der Waals surface area (Å²) in [6, 6.07) is 5.43. The van der Waals surface area contributed by atoms with Gasteiger partial charge in [-0.25, -0.2) is 19.7 Å². The van der Waals surface area contributed by atoms with Crippen LogP contribution in [0.1, 0.15) is 29.7 Å². The maximum Gasteiger partial charge on any atom is 0.323 e. The number of fused-ring (bicyclic) bond motifs is 1. The molecule has 2 amide bonds. The van der Waals surface area contributed by atoms with Crippen LogP contribution in [0.25, 0.3) is 0 Å². The fraction of sp³-hybridized carbons (Fsp3) is 0.375. The smallest absolute Gasteiger partial charge is 0.318 e. The molecule has 0 saturated carbocycles. The molecule has 6 nitrogen and oxygen atoms in total. The highest BCUT2D eigenvalue weighted by Gasteiger charge is 2.22. The second-order valence-corrected chi connectivity index (χ2v) is 5.38. The van der Waals surface area contributed by atoms with E-state index in [0.717, 1.165) is 35.6 Å². The molecule has 0 fully saturated rings. The number of carbonyl (C=O) groups is 1. The molecule has 1 N–H and O–H groups in total. The SMILES string of the molecule is CCc1ncc2c(n1)CN(C(=O)Nc1cccc(C)n1)CC2. The van der Waals surface area contributed by atoms with Crippen LogP contribution in [0.5, 0.6) is 0 Å². The van der Waals surface area contributed by atoms with E-state index in [1.54, 1.807) is 11.0 Å². The summed E-state index contributed by atoms with van der Waals surface area (Å²) in [6.45, 7) is 5.11. The lowest BCUT2D eigenvalue weighted by Gasteiger charge is -2.28. The highest BCUT2D eigenvalue weighted by molar-refractivity contribution is 5.88. The number of pyridine rings is 1. The van der Waals surface area contributed by atoms with Crippen LogP contribution in [0.15, 0.2) is 24.4 Å². The van der Waals surface area contributed by atoms with Crippen molar-refractivity contribution >= 4 is 11.8 Å². The summed E-state index contributed by atoms with van der Waals surface area (Å²) in [5, 5.41) is 2.84. The largest absolute Gasteiger partial charge is 0.323 e. The average molecular weight is 297 g/mol. The highest BCUT2D eigenvalue weighted by Crippen LogP contribution is 2.17. The van der Waals surface area contributed by atoms with Gasteiger partial charge in [0.2, 0.25) is 0 Å². The van der Waals surface area contributed by atoms with Crippen LogP contribution >= 0.6 is 0 Å². The zero-order valence-electron chi connectivity index (χ0n) is 12.8. The number of nitrogens with one attached hydrogen (secondary N) is 1. The number of nitrogens with zero attached hydrogens (tertiary/aromatic N) is 4. The second-order valence-electron chi connectivity index (χ2n) is 5.38. The molecule has 2 aromatic rings. The zero-order valence-corrected chi connectivity index (χ0v) is 12.8. The third-order valence-electron chi connectivity index (χ3n) is 3.72. The van der Waals surface area contributed by atoms with Crippen LogP contribution in [0.3, 0.4) is 0 Å². The minimum Gasteiger partial charge on any atom is -0.318 e. The lowest BCUT2D eigenvalue weighted by atomic mass is 10.1. The number of urea groups is 1. The first-order valence-electron chi connectivity index (χ1n) is 7.49. The van der Waals surface area contributed by atoms with E-state index in [2.05, 4.69) is 20.3 Å². The first-order valence-corrected chi connectivity index (χ1v) is 7.49. The summed E-state index contributed by atoms with van der Waals surface area (Å²) < 4.78 is 0. The van der Waals surface area contributed by atoms with Crippen molar-refractivity contribution in [2.24, 2.45) is 0 Å². The van der Waals surface area contributed by atoms with Crippen LogP contribution in [-0.2, 0) is 19.4 Å². The van der Waals surface area contributed by atoms with Gasteiger partial charge in [0.15, 0.2) is 0 Å². The summed E-state index contributed by atoms with van der Waals surface area (Å²) in [6.07, 6.45) is 3.47. The standard InChI is InChI=1S/C16H19N5O/c1-3-14-17-9-12-7-8-21(10-13(12)19-14)16(22)20-15-6-4-5-11(2)18-15/h4-6,9H,3,7-8,10H2,1-2H3,(H,18,20,22). The summed E-state index contributed by atoms with van der Waals surface area (Å²) in [4.78, 5) is 27.3. The minimum absolute atomic E-state index is 0.139. The molecule has 0 spiro atoms. The normalized spacial score (nSPS) is 13.6. The summed E-state index contributed by atoms with van der Waals surface area (Å²) in [5.41, 5.74) is 2.96. The molecule has 0 atom stereocenters. The molecule has 114 valence electrons. The van der Waals surface area contributed by atoms with Crippen molar-refractivity contribution < 1.29 is 4.79 Å². The van der Waals surface area contributed by atoms with Gasteiger partial charge in [0, 0.05) is 24.9 Å². The molecule has 0 aromatic carbocycles. The monoisotopic (exact) mass is 297 g/mol. The number of aryl methyl sites for hydroxylation is 2. The van der Waals surface area contributed by atoms with Crippen molar-refractivity contribution in [1.82, 2.24) is 19.9 Å². The van der Waals surface area contributed by atoms with E-state index in [4.69, 9.17) is 0 Å². The Balaban J connectivity index is 1.72. The Hall–Kier alpha value is -2.50. The van der Waals surface area contributed by atoms with Crippen molar-refractivity contribution in [3.8, 4) is 0 Å². The first kappa shape index (κ1) is 14.4. The number of aromatic nitrogens is 3. The molecule has 6 heteroatoms. The second kappa shape index (κ2) is 6.09. The molecular formula is C16H19N5O. The van der Waals surface area contributed by atoms with Gasteiger partial charge in [0.05, 0.1) is 12.2 Å². The quantitative estimate of drug-likeness (QED) is 0.923. The Kier molecular flexibility index (Phi) is 4.00.